The molecule has 2 fully saturated rings. The summed E-state index contributed by atoms with van der Waals surface area (Å²) in [6, 6.07) is 10.4. The van der Waals surface area contributed by atoms with Gasteiger partial charge in [-0.05, 0) is 6.42 Å². The van der Waals surface area contributed by atoms with E-state index in [0.29, 0.717) is 13.0 Å². The topological polar surface area (TPSA) is 46.3 Å². The molecular formula is C18H27N3O2+2. The molecule has 1 atom stereocenters. The van der Waals surface area contributed by atoms with Crippen LogP contribution in [-0.4, -0.2) is 55.5 Å². The summed E-state index contributed by atoms with van der Waals surface area (Å²) in [6.45, 7) is 7.72. The molecule has 124 valence electrons. The molecule has 3 rings (SSSR count). The quantitative estimate of drug-likeness (QED) is 0.650. The molecule has 1 aromatic rings. The molecule has 2 N–H and O–H groups in total. The highest BCUT2D eigenvalue weighted by molar-refractivity contribution is 6.04. The van der Waals surface area contributed by atoms with Crippen molar-refractivity contribution in [3.8, 4) is 0 Å². The predicted molar refractivity (Wildman–Crippen MR) is 87.0 cm³/mol. The van der Waals surface area contributed by atoms with Crippen LogP contribution >= 0.6 is 0 Å². The van der Waals surface area contributed by atoms with E-state index >= 15 is 0 Å². The fourth-order valence-electron chi connectivity index (χ4n) is 3.80. The number of benzene rings is 1. The van der Waals surface area contributed by atoms with Crippen molar-refractivity contribution in [1.29, 1.82) is 0 Å². The zero-order valence-electron chi connectivity index (χ0n) is 13.9. The lowest BCUT2D eigenvalue weighted by Crippen LogP contribution is -3.29. The standard InChI is InChI=1S/C18H25N3O2/c1-2-8-21-17(22)13-16(18(21)23)20-11-9-19(10-12-20)14-15-6-4-3-5-7-15/h3-7,16H,2,8-14H2,1H3/p+2/t16-/m0/s1. The Balaban J connectivity index is 1.53. The number of piperazine rings is 1. The number of nitrogens with zero attached hydrogens (tertiary/aromatic N) is 1. The number of nitrogens with one attached hydrogen (secondary N) is 2. The van der Waals surface area contributed by atoms with Crippen molar-refractivity contribution in [3.05, 3.63) is 35.9 Å². The van der Waals surface area contributed by atoms with Crippen molar-refractivity contribution in [2.45, 2.75) is 32.4 Å². The van der Waals surface area contributed by atoms with Gasteiger partial charge < -0.3 is 9.80 Å². The fourth-order valence-corrected chi connectivity index (χ4v) is 3.80. The third-order valence-electron chi connectivity index (χ3n) is 5.08. The SMILES string of the molecule is CCCN1C(=O)C[C@H]([NH+]2CC[NH+](Cc3ccccc3)CC2)C1=O. The lowest BCUT2D eigenvalue weighted by atomic mass is 10.1. The minimum Gasteiger partial charge on any atom is -0.322 e. The van der Waals surface area contributed by atoms with Gasteiger partial charge in [-0.3, -0.25) is 14.5 Å². The van der Waals surface area contributed by atoms with E-state index in [0.717, 1.165) is 39.1 Å². The highest BCUT2D eigenvalue weighted by Gasteiger charge is 2.45. The highest BCUT2D eigenvalue weighted by Crippen LogP contribution is 2.11. The largest absolute Gasteiger partial charge is 0.322 e. The molecule has 2 amide bonds. The molecule has 0 bridgehead atoms. The van der Waals surface area contributed by atoms with Gasteiger partial charge in [0, 0.05) is 12.1 Å². The first-order chi connectivity index (χ1) is 11.2. The summed E-state index contributed by atoms with van der Waals surface area (Å²) in [4.78, 5) is 28.8. The summed E-state index contributed by atoms with van der Waals surface area (Å²) in [5.41, 5.74) is 1.37. The van der Waals surface area contributed by atoms with Gasteiger partial charge >= 0.3 is 0 Å². The summed E-state index contributed by atoms with van der Waals surface area (Å²) < 4.78 is 0. The molecule has 5 nitrogen and oxygen atoms in total. The van der Waals surface area contributed by atoms with Crippen molar-refractivity contribution < 1.29 is 19.4 Å². The first kappa shape index (κ1) is 16.1. The Hall–Kier alpha value is -1.72. The van der Waals surface area contributed by atoms with Crippen molar-refractivity contribution in [2.24, 2.45) is 0 Å². The lowest BCUT2D eigenvalue weighted by Gasteiger charge is -2.32. The molecule has 0 aromatic heterocycles. The third kappa shape index (κ3) is 3.62. The number of quaternary nitrogens is 2. The van der Waals surface area contributed by atoms with Crippen LogP contribution in [0, 0.1) is 0 Å². The molecule has 2 saturated heterocycles. The lowest BCUT2D eigenvalue weighted by molar-refractivity contribution is -1.02. The first-order valence-corrected chi connectivity index (χ1v) is 8.75. The summed E-state index contributed by atoms with van der Waals surface area (Å²) >= 11 is 0. The van der Waals surface area contributed by atoms with Gasteiger partial charge in [-0.25, -0.2) is 0 Å². The maximum absolute atomic E-state index is 12.5. The number of rotatable bonds is 5. The monoisotopic (exact) mass is 317 g/mol. The summed E-state index contributed by atoms with van der Waals surface area (Å²) in [7, 11) is 0. The molecule has 2 aliphatic rings. The maximum atomic E-state index is 12.5. The van der Waals surface area contributed by atoms with Gasteiger partial charge in [0.15, 0.2) is 6.04 Å². The van der Waals surface area contributed by atoms with Gasteiger partial charge in [0.2, 0.25) is 5.91 Å². The van der Waals surface area contributed by atoms with Crippen molar-refractivity contribution in [2.75, 3.05) is 32.7 Å². The Morgan fingerprint density at radius 1 is 1.09 bits per heavy atom. The average Bonchev–Trinajstić information content (AvgIpc) is 2.85. The van der Waals surface area contributed by atoms with Gasteiger partial charge in [-0.1, -0.05) is 37.3 Å². The zero-order chi connectivity index (χ0) is 16.2. The van der Waals surface area contributed by atoms with E-state index in [1.165, 1.54) is 15.4 Å². The van der Waals surface area contributed by atoms with Crippen LogP contribution in [0.2, 0.25) is 0 Å². The van der Waals surface area contributed by atoms with E-state index in [1.807, 2.05) is 13.0 Å². The predicted octanol–water partition coefficient (Wildman–Crippen LogP) is -1.49. The number of hydrogen-bond acceptors (Lipinski definition) is 2. The van der Waals surface area contributed by atoms with E-state index < -0.39 is 0 Å². The van der Waals surface area contributed by atoms with Crippen LogP contribution in [0.4, 0.5) is 0 Å². The van der Waals surface area contributed by atoms with Gasteiger partial charge in [-0.15, -0.1) is 0 Å². The Bertz CT molecular complexity index is 553. The van der Waals surface area contributed by atoms with Gasteiger partial charge in [0.25, 0.3) is 5.91 Å². The second kappa shape index (κ2) is 7.23. The third-order valence-corrected chi connectivity index (χ3v) is 5.08. The van der Waals surface area contributed by atoms with Crippen LogP contribution < -0.4 is 9.80 Å². The maximum Gasteiger partial charge on any atom is 0.288 e. The number of imide groups is 1. The molecule has 1 aromatic carbocycles. The van der Waals surface area contributed by atoms with Crippen LogP contribution in [0.3, 0.4) is 0 Å². The van der Waals surface area contributed by atoms with E-state index in [-0.39, 0.29) is 17.9 Å². The number of hydrogen-bond donors (Lipinski definition) is 2. The number of likely N-dealkylation sites (tertiary alicyclic amines) is 1. The number of amides is 2. The van der Waals surface area contributed by atoms with E-state index in [1.54, 1.807) is 4.90 Å². The van der Waals surface area contributed by atoms with Crippen LogP contribution in [-0.2, 0) is 16.1 Å². The highest BCUT2D eigenvalue weighted by atomic mass is 16.2. The molecule has 0 unspecified atom stereocenters. The van der Waals surface area contributed by atoms with Gasteiger partial charge in [0.1, 0.15) is 32.7 Å². The molecule has 2 aliphatic heterocycles. The fraction of sp³-hybridized carbons (Fsp3) is 0.556. The van der Waals surface area contributed by atoms with Crippen molar-refractivity contribution >= 4 is 11.8 Å². The Morgan fingerprint density at radius 2 is 1.78 bits per heavy atom. The molecule has 0 aliphatic carbocycles. The van der Waals surface area contributed by atoms with E-state index in [2.05, 4.69) is 24.3 Å². The molecule has 5 heteroatoms. The first-order valence-electron chi connectivity index (χ1n) is 8.75. The number of carbonyl (C=O) groups is 2. The van der Waals surface area contributed by atoms with Gasteiger partial charge in [0.05, 0.1) is 6.42 Å². The molecule has 2 heterocycles. The minimum atomic E-state index is -0.132. The van der Waals surface area contributed by atoms with Crippen LogP contribution in [0.1, 0.15) is 25.3 Å². The second-order valence-corrected chi connectivity index (χ2v) is 6.71. The van der Waals surface area contributed by atoms with Crippen LogP contribution in [0.5, 0.6) is 0 Å². The molecular weight excluding hydrogens is 290 g/mol. The Labute approximate surface area is 137 Å². The normalized spacial score (nSPS) is 28.4. The summed E-state index contributed by atoms with van der Waals surface area (Å²) in [5.74, 6) is 0.0757. The van der Waals surface area contributed by atoms with Crippen molar-refractivity contribution in [3.63, 3.8) is 0 Å². The second-order valence-electron chi connectivity index (χ2n) is 6.71. The van der Waals surface area contributed by atoms with Crippen molar-refractivity contribution in [1.82, 2.24) is 4.90 Å². The summed E-state index contributed by atoms with van der Waals surface area (Å²) in [5, 5.41) is 0. The zero-order valence-corrected chi connectivity index (χ0v) is 13.9. The average molecular weight is 317 g/mol. The summed E-state index contributed by atoms with van der Waals surface area (Å²) in [6.07, 6.45) is 1.25. The van der Waals surface area contributed by atoms with Gasteiger partial charge in [-0.2, -0.15) is 0 Å². The molecule has 23 heavy (non-hydrogen) atoms. The Morgan fingerprint density at radius 3 is 2.43 bits per heavy atom. The molecule has 0 saturated carbocycles. The molecule has 0 spiro atoms. The minimum absolute atomic E-state index is 0.0217. The van der Waals surface area contributed by atoms with Crippen LogP contribution in [0.15, 0.2) is 30.3 Å². The number of carbonyl (C=O) groups excluding carboxylic acids is 2. The van der Waals surface area contributed by atoms with Crippen LogP contribution in [0.25, 0.3) is 0 Å². The molecule has 0 radical (unpaired) electrons. The van der Waals surface area contributed by atoms with E-state index in [4.69, 9.17) is 0 Å². The Kier molecular flexibility index (Phi) is 5.08. The smallest absolute Gasteiger partial charge is 0.288 e. The van der Waals surface area contributed by atoms with E-state index in [9.17, 15) is 9.59 Å².